The number of aryl methyl sites for hydroxylation is 1. The van der Waals surface area contributed by atoms with Gasteiger partial charge in [0.15, 0.2) is 5.82 Å². The molecule has 130 valence electrons. The third-order valence-corrected chi connectivity index (χ3v) is 3.96. The minimum absolute atomic E-state index is 0.141. The number of benzene rings is 2. The Bertz CT molecular complexity index is 1150. The van der Waals surface area contributed by atoms with Crippen LogP contribution in [0.2, 0.25) is 0 Å². The van der Waals surface area contributed by atoms with Gasteiger partial charge in [-0.25, -0.2) is 9.48 Å². The molecule has 4 rings (SSSR count). The maximum absolute atomic E-state index is 12.1. The highest BCUT2D eigenvalue weighted by atomic mass is 16.2. The molecule has 9 heteroatoms. The highest BCUT2D eigenvalue weighted by molar-refractivity contribution is 5.95. The molecule has 0 spiro atoms. The van der Waals surface area contributed by atoms with Crippen LogP contribution in [-0.4, -0.2) is 35.4 Å². The van der Waals surface area contributed by atoms with Gasteiger partial charge in [-0.05, 0) is 10.8 Å². The van der Waals surface area contributed by atoms with Crippen molar-refractivity contribution >= 4 is 22.6 Å². The van der Waals surface area contributed by atoms with Gasteiger partial charge in [-0.15, -0.1) is 5.10 Å². The molecule has 2 aromatic carbocycles. The molecular weight excluding hydrogens is 334 g/mol. The molecule has 0 aliphatic heterocycles. The standard InChI is InChI=1S/C17H15N7O2/c1-23-10-18-24(17(23)26)9-14(25)19-16-20-15(21-22-16)13-8-4-6-11-5-2-3-7-12(11)13/h2-8,10H,9H2,1H3,(H2,19,20,21,22,25). The van der Waals surface area contributed by atoms with E-state index in [1.165, 1.54) is 10.9 Å². The summed E-state index contributed by atoms with van der Waals surface area (Å²) >= 11 is 0. The zero-order valence-electron chi connectivity index (χ0n) is 13.9. The fourth-order valence-electron chi connectivity index (χ4n) is 2.70. The maximum atomic E-state index is 12.1. The number of amides is 1. The summed E-state index contributed by atoms with van der Waals surface area (Å²) < 4.78 is 2.35. The molecule has 2 heterocycles. The Morgan fingerprint density at radius 1 is 1.19 bits per heavy atom. The van der Waals surface area contributed by atoms with Crippen LogP contribution in [0.15, 0.2) is 53.6 Å². The first-order valence-corrected chi connectivity index (χ1v) is 7.90. The Balaban J connectivity index is 1.55. The van der Waals surface area contributed by atoms with Crippen molar-refractivity contribution in [3.05, 3.63) is 59.3 Å². The Kier molecular flexibility index (Phi) is 3.81. The number of hydrogen-bond acceptors (Lipinski definition) is 5. The molecule has 0 unspecified atom stereocenters. The number of fused-ring (bicyclic) bond motifs is 1. The first kappa shape index (κ1) is 15.8. The molecular formula is C17H15N7O2. The van der Waals surface area contributed by atoms with E-state index >= 15 is 0 Å². The van der Waals surface area contributed by atoms with Crippen LogP contribution in [-0.2, 0) is 18.4 Å². The molecule has 9 nitrogen and oxygen atoms in total. The van der Waals surface area contributed by atoms with Gasteiger partial charge in [-0.1, -0.05) is 42.5 Å². The van der Waals surface area contributed by atoms with E-state index in [1.807, 2.05) is 42.5 Å². The van der Waals surface area contributed by atoms with E-state index in [2.05, 4.69) is 25.6 Å². The van der Waals surface area contributed by atoms with Gasteiger partial charge in [0.25, 0.3) is 0 Å². The van der Waals surface area contributed by atoms with Crippen molar-refractivity contribution in [3.8, 4) is 11.4 Å². The number of hydrogen-bond donors (Lipinski definition) is 2. The average Bonchev–Trinajstić information content (AvgIpc) is 3.23. The number of carbonyl (C=O) groups is 1. The quantitative estimate of drug-likeness (QED) is 0.574. The number of H-pyrrole nitrogens is 1. The second-order valence-electron chi connectivity index (χ2n) is 5.76. The number of aromatic nitrogens is 6. The SMILES string of the molecule is Cn1cnn(CC(=O)Nc2n[nH]c(-c3cccc4ccccc34)n2)c1=O. The van der Waals surface area contributed by atoms with Crippen LogP contribution < -0.4 is 11.0 Å². The lowest BCUT2D eigenvalue weighted by Crippen LogP contribution is -2.29. The molecule has 1 amide bonds. The Hall–Kier alpha value is -3.75. The smallest absolute Gasteiger partial charge is 0.292 e. The number of nitrogens with one attached hydrogen (secondary N) is 2. The highest BCUT2D eigenvalue weighted by Gasteiger charge is 2.13. The van der Waals surface area contributed by atoms with Gasteiger partial charge in [0.05, 0.1) is 0 Å². The lowest BCUT2D eigenvalue weighted by molar-refractivity contribution is -0.117. The van der Waals surface area contributed by atoms with Crippen LogP contribution in [0.25, 0.3) is 22.2 Å². The summed E-state index contributed by atoms with van der Waals surface area (Å²) in [7, 11) is 1.56. The molecule has 0 saturated heterocycles. The fraction of sp³-hybridized carbons (Fsp3) is 0.118. The largest absolute Gasteiger partial charge is 0.345 e. The first-order chi connectivity index (χ1) is 12.6. The van der Waals surface area contributed by atoms with E-state index in [9.17, 15) is 9.59 Å². The Morgan fingerprint density at radius 2 is 2.00 bits per heavy atom. The normalized spacial score (nSPS) is 11.0. The summed E-state index contributed by atoms with van der Waals surface area (Å²) in [5, 5.41) is 15.4. The summed E-state index contributed by atoms with van der Waals surface area (Å²) in [6, 6.07) is 13.8. The van der Waals surface area contributed by atoms with E-state index < -0.39 is 5.91 Å². The predicted molar refractivity (Wildman–Crippen MR) is 95.4 cm³/mol. The van der Waals surface area contributed by atoms with Gasteiger partial charge in [-0.3, -0.25) is 19.8 Å². The van der Waals surface area contributed by atoms with E-state index in [-0.39, 0.29) is 18.2 Å². The van der Waals surface area contributed by atoms with Crippen molar-refractivity contribution in [3.63, 3.8) is 0 Å². The van der Waals surface area contributed by atoms with Crippen LogP contribution in [0.3, 0.4) is 0 Å². The van der Waals surface area contributed by atoms with Crippen LogP contribution in [0, 0.1) is 0 Å². The predicted octanol–water partition coefficient (Wildman–Crippen LogP) is 1.16. The number of carbonyl (C=O) groups excluding carboxylic acids is 1. The van der Waals surface area contributed by atoms with Crippen molar-refractivity contribution in [2.24, 2.45) is 7.05 Å². The van der Waals surface area contributed by atoms with Gasteiger partial charge in [0, 0.05) is 12.6 Å². The zero-order chi connectivity index (χ0) is 18.1. The van der Waals surface area contributed by atoms with Crippen LogP contribution in [0.5, 0.6) is 0 Å². The molecule has 0 aliphatic rings. The van der Waals surface area contributed by atoms with Crippen molar-refractivity contribution < 1.29 is 4.79 Å². The zero-order valence-corrected chi connectivity index (χ0v) is 13.9. The minimum Gasteiger partial charge on any atom is -0.292 e. The van der Waals surface area contributed by atoms with Gasteiger partial charge in [0.1, 0.15) is 12.9 Å². The number of anilines is 1. The van der Waals surface area contributed by atoms with Crippen molar-refractivity contribution in [1.29, 1.82) is 0 Å². The minimum atomic E-state index is -0.436. The summed E-state index contributed by atoms with van der Waals surface area (Å²) in [6.07, 6.45) is 1.35. The molecule has 0 aliphatic carbocycles. The fourth-order valence-corrected chi connectivity index (χ4v) is 2.70. The monoisotopic (exact) mass is 349 g/mol. The third kappa shape index (κ3) is 2.86. The maximum Gasteiger partial charge on any atom is 0.345 e. The molecule has 0 atom stereocenters. The molecule has 0 fully saturated rings. The first-order valence-electron chi connectivity index (χ1n) is 7.90. The van der Waals surface area contributed by atoms with Gasteiger partial charge >= 0.3 is 5.69 Å². The van der Waals surface area contributed by atoms with E-state index in [1.54, 1.807) is 7.05 Å². The lowest BCUT2D eigenvalue weighted by atomic mass is 10.0. The van der Waals surface area contributed by atoms with Crippen LogP contribution in [0.1, 0.15) is 0 Å². The highest BCUT2D eigenvalue weighted by Crippen LogP contribution is 2.26. The molecule has 2 aromatic heterocycles. The number of rotatable bonds is 4. The molecule has 0 bridgehead atoms. The summed E-state index contributed by atoms with van der Waals surface area (Å²) in [4.78, 5) is 28.1. The summed E-state index contributed by atoms with van der Waals surface area (Å²) in [6.45, 7) is -0.211. The number of nitrogens with zero attached hydrogens (tertiary/aromatic N) is 5. The summed E-state index contributed by atoms with van der Waals surface area (Å²) in [5.41, 5.74) is 0.517. The average molecular weight is 349 g/mol. The Morgan fingerprint density at radius 3 is 2.81 bits per heavy atom. The van der Waals surface area contributed by atoms with E-state index in [0.717, 1.165) is 21.0 Å². The van der Waals surface area contributed by atoms with Gasteiger partial charge in [-0.2, -0.15) is 10.1 Å². The topological polar surface area (TPSA) is 110 Å². The van der Waals surface area contributed by atoms with E-state index in [0.29, 0.717) is 5.82 Å². The second-order valence-corrected chi connectivity index (χ2v) is 5.76. The molecule has 2 N–H and O–H groups in total. The molecule has 4 aromatic rings. The van der Waals surface area contributed by atoms with Gasteiger partial charge < -0.3 is 0 Å². The van der Waals surface area contributed by atoms with Crippen molar-refractivity contribution in [2.45, 2.75) is 6.54 Å². The second kappa shape index (κ2) is 6.28. The molecule has 26 heavy (non-hydrogen) atoms. The van der Waals surface area contributed by atoms with Crippen molar-refractivity contribution in [2.75, 3.05) is 5.32 Å². The lowest BCUT2D eigenvalue weighted by Gasteiger charge is -2.02. The summed E-state index contributed by atoms with van der Waals surface area (Å²) in [5.74, 6) is 0.253. The van der Waals surface area contributed by atoms with E-state index in [4.69, 9.17) is 0 Å². The van der Waals surface area contributed by atoms with Crippen LogP contribution in [0.4, 0.5) is 5.95 Å². The Labute approximate surface area is 147 Å². The van der Waals surface area contributed by atoms with Gasteiger partial charge in [0.2, 0.25) is 11.9 Å². The third-order valence-electron chi connectivity index (χ3n) is 3.96. The molecule has 0 radical (unpaired) electrons. The van der Waals surface area contributed by atoms with Crippen LogP contribution >= 0.6 is 0 Å². The number of aromatic amines is 1. The molecule has 0 saturated carbocycles. The van der Waals surface area contributed by atoms with Crippen molar-refractivity contribution in [1.82, 2.24) is 29.5 Å².